The fourth-order valence-corrected chi connectivity index (χ4v) is 6.91. The monoisotopic (exact) mass is 763 g/mol. The third-order valence-corrected chi connectivity index (χ3v) is 10.5. The predicted molar refractivity (Wildman–Crippen MR) is 229 cm³/mol. The van der Waals surface area contributed by atoms with Crippen molar-refractivity contribution in [3.05, 3.63) is 12.2 Å². The summed E-state index contributed by atoms with van der Waals surface area (Å²) in [5.74, 6) is -0.868. The van der Waals surface area contributed by atoms with E-state index >= 15 is 0 Å². The second kappa shape index (κ2) is 43.9. The third-order valence-electron chi connectivity index (χ3n) is 10.5. The Bertz CT molecular complexity index is 839. The first-order chi connectivity index (χ1) is 26.5. The van der Waals surface area contributed by atoms with E-state index in [4.69, 9.17) is 14.2 Å². The van der Waals surface area contributed by atoms with Gasteiger partial charge in [0.25, 0.3) is 0 Å². The van der Waals surface area contributed by atoms with Crippen LogP contribution in [0.4, 0.5) is 0 Å². The molecule has 6 nitrogen and oxygen atoms in total. The highest BCUT2D eigenvalue weighted by atomic mass is 16.6. The molecule has 0 saturated heterocycles. The molecular formula is C48H90O6. The molecule has 318 valence electrons. The molecule has 54 heavy (non-hydrogen) atoms. The molecule has 0 spiro atoms. The number of carbonyl (C=O) groups excluding carboxylic acids is 3. The van der Waals surface area contributed by atoms with Crippen LogP contribution in [-0.2, 0) is 28.6 Å². The molecule has 0 aromatic carbocycles. The average molecular weight is 763 g/mol. The molecule has 0 N–H and O–H groups in total. The zero-order valence-corrected chi connectivity index (χ0v) is 36.3. The van der Waals surface area contributed by atoms with Crippen LogP contribution in [0.25, 0.3) is 0 Å². The fraction of sp³-hybridized carbons (Fsp3) is 0.896. The normalized spacial score (nSPS) is 12.0. The summed E-state index contributed by atoms with van der Waals surface area (Å²) in [5, 5.41) is 0. The number of ether oxygens (including phenoxy) is 3. The molecule has 0 aromatic heterocycles. The van der Waals surface area contributed by atoms with Crippen molar-refractivity contribution in [2.75, 3.05) is 13.2 Å². The van der Waals surface area contributed by atoms with Gasteiger partial charge in [0.15, 0.2) is 6.10 Å². The summed E-state index contributed by atoms with van der Waals surface area (Å²) >= 11 is 0. The van der Waals surface area contributed by atoms with Crippen LogP contribution < -0.4 is 0 Å². The Morgan fingerprint density at radius 3 is 0.963 bits per heavy atom. The lowest BCUT2D eigenvalue weighted by atomic mass is 10.0. The first kappa shape index (κ1) is 52.2. The molecule has 1 unspecified atom stereocenters. The quantitative estimate of drug-likeness (QED) is 0.0266. The van der Waals surface area contributed by atoms with Gasteiger partial charge in [-0.15, -0.1) is 0 Å². The van der Waals surface area contributed by atoms with Gasteiger partial charge in [-0.05, 0) is 44.9 Å². The number of allylic oxidation sites excluding steroid dienone is 2. The molecule has 0 aliphatic carbocycles. The van der Waals surface area contributed by atoms with Gasteiger partial charge in [-0.3, -0.25) is 14.4 Å². The molecule has 0 rings (SSSR count). The Hall–Kier alpha value is -1.85. The lowest BCUT2D eigenvalue weighted by Crippen LogP contribution is -2.30. The molecule has 0 bridgehead atoms. The number of hydrogen-bond acceptors (Lipinski definition) is 6. The summed E-state index contributed by atoms with van der Waals surface area (Å²) in [6, 6.07) is 0. The van der Waals surface area contributed by atoms with Crippen molar-refractivity contribution in [1.29, 1.82) is 0 Å². The summed E-state index contributed by atoms with van der Waals surface area (Å²) in [7, 11) is 0. The Balaban J connectivity index is 4.34. The summed E-state index contributed by atoms with van der Waals surface area (Å²) in [5.41, 5.74) is 0. The van der Waals surface area contributed by atoms with Crippen molar-refractivity contribution in [2.45, 2.75) is 264 Å². The maximum absolute atomic E-state index is 12.7. The van der Waals surface area contributed by atoms with Gasteiger partial charge in [-0.1, -0.05) is 206 Å². The van der Waals surface area contributed by atoms with Gasteiger partial charge in [0.2, 0.25) is 0 Å². The lowest BCUT2D eigenvalue weighted by molar-refractivity contribution is -0.167. The minimum Gasteiger partial charge on any atom is -0.462 e. The van der Waals surface area contributed by atoms with E-state index in [1.54, 1.807) is 0 Å². The van der Waals surface area contributed by atoms with Gasteiger partial charge in [-0.2, -0.15) is 0 Å². The van der Waals surface area contributed by atoms with E-state index in [2.05, 4.69) is 32.9 Å². The Morgan fingerprint density at radius 2 is 0.611 bits per heavy atom. The highest BCUT2D eigenvalue weighted by molar-refractivity contribution is 5.71. The molecule has 0 aliphatic rings. The lowest BCUT2D eigenvalue weighted by Gasteiger charge is -2.18. The van der Waals surface area contributed by atoms with Gasteiger partial charge >= 0.3 is 17.9 Å². The Labute approximate surface area is 335 Å². The summed E-state index contributed by atoms with van der Waals surface area (Å²) in [6.07, 6.45) is 46.1. The molecule has 0 aromatic rings. The highest BCUT2D eigenvalue weighted by Gasteiger charge is 2.19. The minimum absolute atomic E-state index is 0.0687. The molecule has 0 saturated carbocycles. The van der Waals surface area contributed by atoms with E-state index in [1.807, 2.05) is 0 Å². The van der Waals surface area contributed by atoms with Crippen LogP contribution in [0.2, 0.25) is 0 Å². The molecule has 0 fully saturated rings. The van der Waals surface area contributed by atoms with E-state index in [0.717, 1.165) is 64.2 Å². The minimum atomic E-state index is -0.765. The van der Waals surface area contributed by atoms with Crippen molar-refractivity contribution >= 4 is 17.9 Å². The topological polar surface area (TPSA) is 78.9 Å². The summed E-state index contributed by atoms with van der Waals surface area (Å²) in [4.78, 5) is 37.7. The van der Waals surface area contributed by atoms with Crippen LogP contribution in [0.3, 0.4) is 0 Å². The first-order valence-corrected chi connectivity index (χ1v) is 23.7. The number of carbonyl (C=O) groups is 3. The van der Waals surface area contributed by atoms with Gasteiger partial charge in [0, 0.05) is 19.3 Å². The van der Waals surface area contributed by atoms with Crippen LogP contribution in [0.5, 0.6) is 0 Å². The summed E-state index contributed by atoms with van der Waals surface area (Å²) < 4.78 is 16.7. The molecule has 6 heteroatoms. The number of esters is 3. The number of rotatable bonds is 43. The fourth-order valence-electron chi connectivity index (χ4n) is 6.91. The average Bonchev–Trinajstić information content (AvgIpc) is 3.17. The Morgan fingerprint density at radius 1 is 0.352 bits per heavy atom. The van der Waals surface area contributed by atoms with Crippen LogP contribution >= 0.6 is 0 Å². The molecule has 1 atom stereocenters. The van der Waals surface area contributed by atoms with Crippen molar-refractivity contribution in [3.63, 3.8) is 0 Å². The maximum Gasteiger partial charge on any atom is 0.306 e. The zero-order chi connectivity index (χ0) is 39.4. The van der Waals surface area contributed by atoms with Crippen molar-refractivity contribution in [3.8, 4) is 0 Å². The first-order valence-electron chi connectivity index (χ1n) is 23.7. The molecule has 0 aliphatic heterocycles. The second-order valence-corrected chi connectivity index (χ2v) is 16.0. The van der Waals surface area contributed by atoms with Gasteiger partial charge in [0.1, 0.15) is 13.2 Å². The maximum atomic E-state index is 12.7. The van der Waals surface area contributed by atoms with E-state index in [9.17, 15) is 14.4 Å². The van der Waals surface area contributed by atoms with E-state index in [0.29, 0.717) is 19.3 Å². The molecule has 0 heterocycles. The molecular weight excluding hydrogens is 673 g/mol. The van der Waals surface area contributed by atoms with Gasteiger partial charge in [-0.25, -0.2) is 0 Å². The molecule has 0 amide bonds. The largest absolute Gasteiger partial charge is 0.462 e. The standard InChI is InChI=1S/C48H90O6/c1-4-7-10-13-16-19-22-24-27-29-32-35-38-41-47(50)53-44-45(43-52-46(49)40-37-34-31-28-25-21-18-15-12-9-6-3)54-48(51)42-39-36-33-30-26-23-20-17-14-11-8-5-2/h17,20,45H,4-16,18-19,21-44H2,1-3H3/b20-17-. The van der Waals surface area contributed by atoms with Crippen LogP contribution in [0, 0.1) is 0 Å². The van der Waals surface area contributed by atoms with Crippen molar-refractivity contribution < 1.29 is 28.6 Å². The van der Waals surface area contributed by atoms with Crippen LogP contribution in [0.15, 0.2) is 12.2 Å². The Kier molecular flexibility index (Phi) is 42.4. The highest BCUT2D eigenvalue weighted by Crippen LogP contribution is 2.15. The van der Waals surface area contributed by atoms with E-state index in [1.165, 1.54) is 154 Å². The second-order valence-electron chi connectivity index (χ2n) is 16.0. The van der Waals surface area contributed by atoms with E-state index < -0.39 is 6.10 Å². The number of unbranched alkanes of at least 4 members (excludes halogenated alkanes) is 30. The van der Waals surface area contributed by atoms with Gasteiger partial charge < -0.3 is 14.2 Å². The smallest absolute Gasteiger partial charge is 0.306 e. The zero-order valence-electron chi connectivity index (χ0n) is 36.3. The SMILES string of the molecule is CCCCC/C=C\CCCCCCCC(=O)OC(COC(=O)CCCCCCCCCCCCC)COC(=O)CCCCCCCCCCCCCCC. The van der Waals surface area contributed by atoms with Crippen LogP contribution in [0.1, 0.15) is 258 Å². The van der Waals surface area contributed by atoms with Crippen molar-refractivity contribution in [2.24, 2.45) is 0 Å². The predicted octanol–water partition coefficient (Wildman–Crippen LogP) is 15.0. The number of hydrogen-bond donors (Lipinski definition) is 0. The van der Waals surface area contributed by atoms with Crippen LogP contribution in [-0.4, -0.2) is 37.2 Å². The van der Waals surface area contributed by atoms with E-state index in [-0.39, 0.29) is 31.1 Å². The summed E-state index contributed by atoms with van der Waals surface area (Å²) in [6.45, 7) is 6.61. The molecule has 0 radical (unpaired) electrons. The van der Waals surface area contributed by atoms with Crippen molar-refractivity contribution in [1.82, 2.24) is 0 Å². The van der Waals surface area contributed by atoms with Gasteiger partial charge in [0.05, 0.1) is 0 Å². The third kappa shape index (κ3) is 41.3.